The second kappa shape index (κ2) is 3.82. The number of fused-ring (bicyclic) bond motifs is 2. The summed E-state index contributed by atoms with van der Waals surface area (Å²) in [7, 11) is 0. The van der Waals surface area contributed by atoms with Crippen molar-refractivity contribution in [2.24, 2.45) is 16.7 Å². The van der Waals surface area contributed by atoms with Gasteiger partial charge in [0.1, 0.15) is 0 Å². The molecule has 2 atom stereocenters. The SMILES string of the molecule is Cc1ccc(/C=C2/C(=O)C3CCC2(C)C3(C)C)cc1. The lowest BCUT2D eigenvalue weighted by molar-refractivity contribution is -0.119. The van der Waals surface area contributed by atoms with Crippen LogP contribution in [0.25, 0.3) is 6.08 Å². The molecule has 1 nitrogen and oxygen atoms in total. The van der Waals surface area contributed by atoms with Gasteiger partial charge in [0.25, 0.3) is 0 Å². The van der Waals surface area contributed by atoms with Crippen molar-refractivity contribution in [3.63, 3.8) is 0 Å². The Hall–Kier alpha value is -1.37. The molecule has 2 unspecified atom stereocenters. The number of hydrogen-bond donors (Lipinski definition) is 0. The zero-order chi connectivity index (χ0) is 13.8. The number of Topliss-reactive ketones (excluding diaryl/α,β-unsaturated/α-hetero) is 1. The number of benzene rings is 1. The highest BCUT2D eigenvalue weighted by Crippen LogP contribution is 2.66. The molecule has 0 amide bonds. The van der Waals surface area contributed by atoms with E-state index in [1.54, 1.807) is 0 Å². The van der Waals surface area contributed by atoms with Gasteiger partial charge in [-0.3, -0.25) is 4.79 Å². The molecular formula is C18H22O. The third-order valence-electron chi connectivity index (χ3n) is 5.79. The minimum atomic E-state index is 0.0552. The van der Waals surface area contributed by atoms with E-state index in [9.17, 15) is 4.79 Å². The molecule has 100 valence electrons. The van der Waals surface area contributed by atoms with E-state index < -0.39 is 0 Å². The van der Waals surface area contributed by atoms with Crippen LogP contribution in [-0.4, -0.2) is 5.78 Å². The molecule has 1 aromatic rings. The molecule has 2 saturated carbocycles. The first-order valence-electron chi connectivity index (χ1n) is 7.19. The van der Waals surface area contributed by atoms with Crippen LogP contribution in [0.5, 0.6) is 0 Å². The van der Waals surface area contributed by atoms with E-state index in [1.807, 2.05) is 0 Å². The molecule has 0 aromatic heterocycles. The quantitative estimate of drug-likeness (QED) is 0.679. The zero-order valence-electron chi connectivity index (χ0n) is 12.3. The predicted molar refractivity (Wildman–Crippen MR) is 78.8 cm³/mol. The monoisotopic (exact) mass is 254 g/mol. The fourth-order valence-electron chi connectivity index (χ4n) is 3.96. The maximum Gasteiger partial charge on any atom is 0.163 e. The molecule has 2 bridgehead atoms. The molecule has 2 aliphatic rings. The predicted octanol–water partition coefficient (Wildman–Crippen LogP) is 4.40. The van der Waals surface area contributed by atoms with E-state index in [0.717, 1.165) is 24.0 Å². The molecule has 19 heavy (non-hydrogen) atoms. The Kier molecular flexibility index (Phi) is 2.54. The highest BCUT2D eigenvalue weighted by molar-refractivity contribution is 6.06. The average Bonchev–Trinajstić information content (AvgIpc) is 2.66. The van der Waals surface area contributed by atoms with E-state index >= 15 is 0 Å². The van der Waals surface area contributed by atoms with Crippen molar-refractivity contribution in [1.29, 1.82) is 0 Å². The van der Waals surface area contributed by atoms with Gasteiger partial charge in [0, 0.05) is 16.9 Å². The van der Waals surface area contributed by atoms with Crippen LogP contribution in [-0.2, 0) is 4.79 Å². The normalized spacial score (nSPS) is 34.2. The van der Waals surface area contributed by atoms with Crippen LogP contribution in [0.15, 0.2) is 29.8 Å². The van der Waals surface area contributed by atoms with Gasteiger partial charge < -0.3 is 0 Å². The van der Waals surface area contributed by atoms with Crippen LogP contribution in [0.3, 0.4) is 0 Å². The van der Waals surface area contributed by atoms with Crippen LogP contribution in [0.1, 0.15) is 44.7 Å². The molecule has 2 fully saturated rings. The van der Waals surface area contributed by atoms with Gasteiger partial charge in [0.2, 0.25) is 0 Å². The van der Waals surface area contributed by atoms with E-state index in [-0.39, 0.29) is 16.7 Å². The molecule has 0 spiro atoms. The van der Waals surface area contributed by atoms with Crippen molar-refractivity contribution in [2.75, 3.05) is 0 Å². The molecule has 0 saturated heterocycles. The number of hydrogen-bond acceptors (Lipinski definition) is 1. The van der Waals surface area contributed by atoms with Gasteiger partial charge in [-0.15, -0.1) is 0 Å². The fourth-order valence-corrected chi connectivity index (χ4v) is 3.96. The first-order valence-corrected chi connectivity index (χ1v) is 7.19. The van der Waals surface area contributed by atoms with Crippen molar-refractivity contribution in [1.82, 2.24) is 0 Å². The Morgan fingerprint density at radius 2 is 1.79 bits per heavy atom. The molecule has 0 radical (unpaired) electrons. The lowest BCUT2D eigenvalue weighted by atomic mass is 9.69. The van der Waals surface area contributed by atoms with Gasteiger partial charge in [-0.05, 0) is 36.8 Å². The Morgan fingerprint density at radius 3 is 2.32 bits per heavy atom. The summed E-state index contributed by atoms with van der Waals surface area (Å²) in [6, 6.07) is 8.44. The molecule has 1 heteroatoms. The first kappa shape index (κ1) is 12.7. The molecule has 1 aromatic carbocycles. The second-order valence-corrected chi connectivity index (χ2v) is 6.98. The lowest BCUT2D eigenvalue weighted by Gasteiger charge is -2.34. The van der Waals surface area contributed by atoms with E-state index in [4.69, 9.17) is 0 Å². The molecular weight excluding hydrogens is 232 g/mol. The van der Waals surface area contributed by atoms with Crippen LogP contribution >= 0.6 is 0 Å². The zero-order valence-corrected chi connectivity index (χ0v) is 12.3. The number of ketones is 1. The average molecular weight is 254 g/mol. The highest BCUT2D eigenvalue weighted by atomic mass is 16.1. The number of rotatable bonds is 1. The number of carbonyl (C=O) groups is 1. The molecule has 0 N–H and O–H groups in total. The first-order chi connectivity index (χ1) is 8.86. The fraction of sp³-hybridized carbons (Fsp3) is 0.500. The lowest BCUT2D eigenvalue weighted by Crippen LogP contribution is -2.27. The van der Waals surface area contributed by atoms with E-state index in [2.05, 4.69) is 58.0 Å². The standard InChI is InChI=1S/C18H22O/c1-12-5-7-13(8-6-12)11-15-16(19)14-9-10-18(15,4)17(14,2)3/h5-8,11,14H,9-10H2,1-4H3/b15-11-. The summed E-state index contributed by atoms with van der Waals surface area (Å²) in [5, 5.41) is 0. The maximum atomic E-state index is 12.6. The van der Waals surface area contributed by atoms with Gasteiger partial charge in [-0.1, -0.05) is 50.6 Å². The molecule has 0 heterocycles. The van der Waals surface area contributed by atoms with Crippen LogP contribution in [0.4, 0.5) is 0 Å². The van der Waals surface area contributed by atoms with E-state index in [1.165, 1.54) is 5.56 Å². The molecule has 3 rings (SSSR count). The minimum Gasteiger partial charge on any atom is -0.294 e. The van der Waals surface area contributed by atoms with Gasteiger partial charge >= 0.3 is 0 Å². The third-order valence-corrected chi connectivity index (χ3v) is 5.79. The van der Waals surface area contributed by atoms with Crippen molar-refractivity contribution >= 4 is 11.9 Å². The Bertz CT molecular complexity index is 562. The molecule has 2 aliphatic carbocycles. The minimum absolute atomic E-state index is 0.0552. The van der Waals surface area contributed by atoms with Crippen molar-refractivity contribution in [3.05, 3.63) is 41.0 Å². The summed E-state index contributed by atoms with van der Waals surface area (Å²) in [5.74, 6) is 0.619. The summed E-state index contributed by atoms with van der Waals surface area (Å²) in [6.45, 7) is 8.89. The largest absolute Gasteiger partial charge is 0.294 e. The second-order valence-electron chi connectivity index (χ2n) is 6.98. The molecule has 0 aliphatic heterocycles. The Morgan fingerprint density at radius 1 is 1.16 bits per heavy atom. The van der Waals surface area contributed by atoms with E-state index in [0.29, 0.717) is 5.78 Å². The van der Waals surface area contributed by atoms with Gasteiger partial charge in [0.05, 0.1) is 0 Å². The maximum absolute atomic E-state index is 12.6. The Labute approximate surface area is 115 Å². The number of aryl methyl sites for hydroxylation is 1. The van der Waals surface area contributed by atoms with Crippen LogP contribution in [0.2, 0.25) is 0 Å². The summed E-state index contributed by atoms with van der Waals surface area (Å²) in [4.78, 5) is 12.6. The summed E-state index contributed by atoms with van der Waals surface area (Å²) >= 11 is 0. The van der Waals surface area contributed by atoms with Gasteiger partial charge in [0.15, 0.2) is 5.78 Å². The van der Waals surface area contributed by atoms with Crippen LogP contribution in [0, 0.1) is 23.7 Å². The smallest absolute Gasteiger partial charge is 0.163 e. The van der Waals surface area contributed by atoms with Crippen molar-refractivity contribution in [2.45, 2.75) is 40.5 Å². The summed E-state index contributed by atoms with van der Waals surface area (Å²) < 4.78 is 0. The Balaban J connectivity index is 2.07. The topological polar surface area (TPSA) is 17.1 Å². The van der Waals surface area contributed by atoms with Gasteiger partial charge in [-0.2, -0.15) is 0 Å². The number of carbonyl (C=O) groups excluding carboxylic acids is 1. The van der Waals surface area contributed by atoms with Crippen molar-refractivity contribution in [3.8, 4) is 0 Å². The summed E-state index contributed by atoms with van der Waals surface area (Å²) in [6.07, 6.45) is 4.34. The third kappa shape index (κ3) is 1.57. The number of allylic oxidation sites excluding steroid dienone is 1. The highest BCUT2D eigenvalue weighted by Gasteiger charge is 2.63. The summed E-state index contributed by atoms with van der Waals surface area (Å²) in [5.41, 5.74) is 3.63. The van der Waals surface area contributed by atoms with Crippen LogP contribution < -0.4 is 0 Å². The van der Waals surface area contributed by atoms with Crippen molar-refractivity contribution < 1.29 is 4.79 Å². The van der Waals surface area contributed by atoms with Gasteiger partial charge in [-0.25, -0.2) is 0 Å².